The lowest BCUT2D eigenvalue weighted by molar-refractivity contribution is -0.126. The summed E-state index contributed by atoms with van der Waals surface area (Å²) in [7, 11) is 0. The van der Waals surface area contributed by atoms with E-state index in [1.165, 1.54) is 15.9 Å². The van der Waals surface area contributed by atoms with Gasteiger partial charge in [-0.05, 0) is 55.2 Å². The largest absolute Gasteiger partial charge is 0.467 e. The number of hydrogen-bond donors (Lipinski definition) is 2. The third kappa shape index (κ3) is 3.75. The lowest BCUT2D eigenvalue weighted by Gasteiger charge is -2.27. The lowest BCUT2D eigenvalue weighted by Crippen LogP contribution is -2.38. The monoisotopic (exact) mass is 387 g/mol. The third-order valence-corrected chi connectivity index (χ3v) is 6.17. The molecule has 27 heavy (non-hydrogen) atoms. The van der Waals surface area contributed by atoms with E-state index >= 15 is 0 Å². The molecule has 0 bridgehead atoms. The molecule has 1 aliphatic carbocycles. The van der Waals surface area contributed by atoms with Gasteiger partial charge in [-0.3, -0.25) is 14.2 Å². The van der Waals surface area contributed by atoms with Crippen molar-refractivity contribution in [3.05, 3.63) is 56.4 Å². The van der Waals surface area contributed by atoms with Crippen LogP contribution in [0.5, 0.6) is 0 Å². The molecule has 0 radical (unpaired) electrons. The van der Waals surface area contributed by atoms with E-state index in [2.05, 4.69) is 10.3 Å². The van der Waals surface area contributed by atoms with Crippen LogP contribution < -0.4 is 16.6 Å². The van der Waals surface area contributed by atoms with Crippen LogP contribution in [-0.2, 0) is 17.9 Å². The molecule has 7 nitrogen and oxygen atoms in total. The molecule has 0 atom stereocenters. The Morgan fingerprint density at radius 2 is 2.07 bits per heavy atom. The standard InChI is InChI=1S/C19H21N3O4S/c23-17(20-10-14-2-1-8-26-14)13-5-3-12(4-6-13)11-22-18(24)16-15(7-9-27-16)21-19(22)25/h1-2,7-9,12-13H,3-6,10-11H2,(H,20,23)(H,21,25). The Kier molecular flexibility index (Phi) is 4.98. The van der Waals surface area contributed by atoms with Gasteiger partial charge in [0.1, 0.15) is 10.5 Å². The second-order valence-electron chi connectivity index (χ2n) is 7.02. The predicted molar refractivity (Wildman–Crippen MR) is 103 cm³/mol. The summed E-state index contributed by atoms with van der Waals surface area (Å²) < 4.78 is 7.11. The first-order chi connectivity index (χ1) is 13.1. The Morgan fingerprint density at radius 1 is 1.26 bits per heavy atom. The number of carbonyl (C=O) groups excluding carboxylic acids is 1. The minimum Gasteiger partial charge on any atom is -0.467 e. The molecule has 8 heteroatoms. The summed E-state index contributed by atoms with van der Waals surface area (Å²) in [5.41, 5.74) is 0.0227. The van der Waals surface area contributed by atoms with E-state index in [1.54, 1.807) is 23.8 Å². The maximum atomic E-state index is 12.5. The van der Waals surface area contributed by atoms with Gasteiger partial charge >= 0.3 is 5.69 Å². The van der Waals surface area contributed by atoms with Crippen LogP contribution in [-0.4, -0.2) is 15.5 Å². The zero-order valence-corrected chi connectivity index (χ0v) is 15.6. The molecule has 1 aliphatic rings. The van der Waals surface area contributed by atoms with Gasteiger partial charge in [0.05, 0.1) is 18.3 Å². The SMILES string of the molecule is O=C(NCc1ccco1)C1CCC(Cn2c(=O)[nH]c3ccsc3c2=O)CC1. The van der Waals surface area contributed by atoms with E-state index in [0.29, 0.717) is 23.3 Å². The molecule has 4 rings (SSSR count). The Balaban J connectivity index is 1.35. The quantitative estimate of drug-likeness (QED) is 0.703. The first-order valence-corrected chi connectivity index (χ1v) is 10.00. The van der Waals surface area contributed by atoms with Crippen LogP contribution in [0.3, 0.4) is 0 Å². The van der Waals surface area contributed by atoms with Crippen LogP contribution in [0.15, 0.2) is 43.8 Å². The van der Waals surface area contributed by atoms with Gasteiger partial charge in [0, 0.05) is 12.5 Å². The molecule has 1 fully saturated rings. The van der Waals surface area contributed by atoms with Crippen molar-refractivity contribution in [2.24, 2.45) is 11.8 Å². The smallest absolute Gasteiger partial charge is 0.328 e. The second-order valence-corrected chi connectivity index (χ2v) is 7.94. The van der Waals surface area contributed by atoms with Crippen LogP contribution in [0, 0.1) is 11.8 Å². The zero-order chi connectivity index (χ0) is 18.8. The highest BCUT2D eigenvalue weighted by Crippen LogP contribution is 2.29. The van der Waals surface area contributed by atoms with Crippen molar-refractivity contribution in [1.82, 2.24) is 14.9 Å². The number of carbonyl (C=O) groups is 1. The molecule has 0 aromatic carbocycles. The first kappa shape index (κ1) is 17.8. The van der Waals surface area contributed by atoms with Gasteiger partial charge in [-0.25, -0.2) is 4.79 Å². The molecule has 1 saturated carbocycles. The fourth-order valence-electron chi connectivity index (χ4n) is 3.73. The summed E-state index contributed by atoms with van der Waals surface area (Å²) in [6.45, 7) is 0.806. The number of H-pyrrole nitrogens is 1. The van der Waals surface area contributed by atoms with Crippen LogP contribution >= 0.6 is 11.3 Å². The number of nitrogens with zero attached hydrogens (tertiary/aromatic N) is 1. The molecular weight excluding hydrogens is 366 g/mol. The minimum atomic E-state index is -0.357. The molecule has 0 unspecified atom stereocenters. The first-order valence-electron chi connectivity index (χ1n) is 9.12. The normalized spacial score (nSPS) is 20.0. The summed E-state index contributed by atoms with van der Waals surface area (Å²) in [4.78, 5) is 39.9. The van der Waals surface area contributed by atoms with Crippen LogP contribution in [0.4, 0.5) is 0 Å². The minimum absolute atomic E-state index is 0.0222. The second kappa shape index (κ2) is 7.56. The van der Waals surface area contributed by atoms with Crippen molar-refractivity contribution in [1.29, 1.82) is 0 Å². The third-order valence-electron chi connectivity index (χ3n) is 5.27. The van der Waals surface area contributed by atoms with E-state index in [0.717, 1.165) is 31.4 Å². The Hall–Kier alpha value is -2.61. The van der Waals surface area contributed by atoms with Crippen molar-refractivity contribution in [3.63, 3.8) is 0 Å². The van der Waals surface area contributed by atoms with Gasteiger partial charge in [-0.1, -0.05) is 0 Å². The maximum absolute atomic E-state index is 12.5. The number of aromatic amines is 1. The van der Waals surface area contributed by atoms with Crippen LogP contribution in [0.2, 0.25) is 0 Å². The number of aromatic nitrogens is 2. The van der Waals surface area contributed by atoms with Crippen molar-refractivity contribution in [3.8, 4) is 0 Å². The summed E-state index contributed by atoms with van der Waals surface area (Å²) in [5, 5.41) is 4.72. The fraction of sp³-hybridized carbons (Fsp3) is 0.421. The van der Waals surface area contributed by atoms with Crippen LogP contribution in [0.1, 0.15) is 31.4 Å². The summed E-state index contributed by atoms with van der Waals surface area (Å²) in [6.07, 6.45) is 4.77. The van der Waals surface area contributed by atoms with Gasteiger partial charge in [0.25, 0.3) is 5.56 Å². The van der Waals surface area contributed by atoms with Gasteiger partial charge in [-0.15, -0.1) is 11.3 Å². The van der Waals surface area contributed by atoms with Gasteiger partial charge in [0.15, 0.2) is 0 Å². The predicted octanol–water partition coefficient (Wildman–Crippen LogP) is 2.47. The molecular formula is C19H21N3O4S. The average Bonchev–Trinajstić information content (AvgIpc) is 3.35. The van der Waals surface area contributed by atoms with Crippen molar-refractivity contribution < 1.29 is 9.21 Å². The Bertz CT molecular complexity index is 1040. The zero-order valence-electron chi connectivity index (χ0n) is 14.8. The summed E-state index contributed by atoms with van der Waals surface area (Å²) in [6, 6.07) is 5.38. The number of fused-ring (bicyclic) bond motifs is 1. The van der Waals surface area contributed by atoms with Crippen molar-refractivity contribution >= 4 is 27.5 Å². The van der Waals surface area contributed by atoms with Gasteiger partial charge < -0.3 is 14.7 Å². The Morgan fingerprint density at radius 3 is 2.81 bits per heavy atom. The molecule has 0 saturated heterocycles. The molecule has 0 aliphatic heterocycles. The topological polar surface area (TPSA) is 97.1 Å². The highest BCUT2D eigenvalue weighted by Gasteiger charge is 2.27. The van der Waals surface area contributed by atoms with Crippen molar-refractivity contribution in [2.75, 3.05) is 0 Å². The summed E-state index contributed by atoms with van der Waals surface area (Å²) in [5.74, 6) is 0.987. The van der Waals surface area contributed by atoms with Crippen molar-refractivity contribution in [2.45, 2.75) is 38.8 Å². The number of nitrogens with one attached hydrogen (secondary N) is 2. The fourth-order valence-corrected chi connectivity index (χ4v) is 4.53. The molecule has 2 N–H and O–H groups in total. The lowest BCUT2D eigenvalue weighted by atomic mass is 9.81. The number of thiophene rings is 1. The Labute approximate surface area is 159 Å². The average molecular weight is 387 g/mol. The van der Waals surface area contributed by atoms with E-state index in [-0.39, 0.29) is 29.0 Å². The van der Waals surface area contributed by atoms with E-state index < -0.39 is 0 Å². The van der Waals surface area contributed by atoms with Gasteiger partial charge in [-0.2, -0.15) is 0 Å². The number of furan rings is 1. The number of rotatable bonds is 5. The van der Waals surface area contributed by atoms with Crippen LogP contribution in [0.25, 0.3) is 10.2 Å². The molecule has 3 heterocycles. The molecule has 1 amide bonds. The molecule has 3 aromatic heterocycles. The number of amides is 1. The summed E-state index contributed by atoms with van der Waals surface area (Å²) >= 11 is 1.34. The highest BCUT2D eigenvalue weighted by molar-refractivity contribution is 7.17. The van der Waals surface area contributed by atoms with E-state index in [1.807, 2.05) is 6.07 Å². The van der Waals surface area contributed by atoms with E-state index in [9.17, 15) is 14.4 Å². The van der Waals surface area contributed by atoms with Gasteiger partial charge in [0.2, 0.25) is 5.91 Å². The molecule has 142 valence electrons. The highest BCUT2D eigenvalue weighted by atomic mass is 32.1. The van der Waals surface area contributed by atoms with E-state index in [4.69, 9.17) is 4.42 Å². The molecule has 3 aromatic rings. The maximum Gasteiger partial charge on any atom is 0.328 e. The number of hydrogen-bond acceptors (Lipinski definition) is 5. The molecule has 0 spiro atoms.